The van der Waals surface area contributed by atoms with Crippen molar-refractivity contribution in [3.8, 4) is 5.75 Å². The third-order valence-corrected chi connectivity index (χ3v) is 2.25. The highest BCUT2D eigenvalue weighted by atomic mass is 16.5. The van der Waals surface area contributed by atoms with Crippen molar-refractivity contribution >= 4 is 0 Å². The van der Waals surface area contributed by atoms with E-state index in [0.29, 0.717) is 6.04 Å². The number of benzene rings is 1. The molecular weight excluding hydrogens is 190 g/mol. The molecule has 0 bridgehead atoms. The largest absolute Gasteiger partial charge is 0.496 e. The van der Waals surface area contributed by atoms with Crippen LogP contribution in [0, 0.1) is 0 Å². The predicted octanol–water partition coefficient (Wildman–Crippen LogP) is 1.82. The second-order valence-electron chi connectivity index (χ2n) is 3.55. The predicted molar refractivity (Wildman–Crippen MR) is 61.2 cm³/mol. The van der Waals surface area contributed by atoms with E-state index in [1.165, 1.54) is 5.56 Å². The van der Waals surface area contributed by atoms with Crippen LogP contribution in [0.3, 0.4) is 0 Å². The Kier molecular flexibility index (Phi) is 5.15. The fourth-order valence-corrected chi connectivity index (χ4v) is 1.44. The first-order chi connectivity index (χ1) is 7.27. The number of para-hydroxylation sites is 1. The summed E-state index contributed by atoms with van der Waals surface area (Å²) in [5, 5.41) is 3.37. The minimum Gasteiger partial charge on any atom is -0.496 e. The van der Waals surface area contributed by atoms with Gasteiger partial charge in [-0.3, -0.25) is 0 Å². The van der Waals surface area contributed by atoms with Crippen LogP contribution >= 0.6 is 0 Å². The molecule has 1 N–H and O–H groups in total. The Morgan fingerprint density at radius 2 is 2.00 bits per heavy atom. The Hall–Kier alpha value is -1.06. The summed E-state index contributed by atoms with van der Waals surface area (Å²) in [6, 6.07) is 8.37. The normalized spacial score (nSPS) is 12.5. The molecule has 0 aliphatic carbocycles. The molecule has 0 amide bonds. The molecule has 1 atom stereocenters. The number of methoxy groups -OCH3 is 2. The number of nitrogens with one attached hydrogen (secondary N) is 1. The third-order valence-electron chi connectivity index (χ3n) is 2.25. The van der Waals surface area contributed by atoms with Crippen LogP contribution in [0.25, 0.3) is 0 Å². The maximum absolute atomic E-state index is 5.27. The van der Waals surface area contributed by atoms with Gasteiger partial charge in [0, 0.05) is 25.3 Å². The van der Waals surface area contributed by atoms with E-state index < -0.39 is 0 Å². The van der Waals surface area contributed by atoms with Gasteiger partial charge in [0.25, 0.3) is 0 Å². The fraction of sp³-hybridized carbons (Fsp3) is 0.500. The van der Waals surface area contributed by atoms with Crippen LogP contribution in [-0.2, 0) is 11.3 Å². The quantitative estimate of drug-likeness (QED) is 0.775. The van der Waals surface area contributed by atoms with E-state index in [2.05, 4.69) is 18.3 Å². The van der Waals surface area contributed by atoms with Crippen LogP contribution < -0.4 is 10.1 Å². The Labute approximate surface area is 91.4 Å². The summed E-state index contributed by atoms with van der Waals surface area (Å²) in [7, 11) is 3.40. The number of rotatable bonds is 6. The monoisotopic (exact) mass is 209 g/mol. The lowest BCUT2D eigenvalue weighted by Crippen LogP contribution is -2.29. The molecule has 0 fully saturated rings. The van der Waals surface area contributed by atoms with Gasteiger partial charge in [-0.15, -0.1) is 0 Å². The Bertz CT molecular complexity index is 289. The molecule has 1 aromatic rings. The zero-order chi connectivity index (χ0) is 11.1. The average Bonchev–Trinajstić information content (AvgIpc) is 2.27. The maximum atomic E-state index is 5.27. The average molecular weight is 209 g/mol. The van der Waals surface area contributed by atoms with Gasteiger partial charge < -0.3 is 14.8 Å². The highest BCUT2D eigenvalue weighted by molar-refractivity contribution is 5.32. The van der Waals surface area contributed by atoms with E-state index in [1.54, 1.807) is 14.2 Å². The smallest absolute Gasteiger partial charge is 0.123 e. The van der Waals surface area contributed by atoms with Crippen LogP contribution in [-0.4, -0.2) is 26.9 Å². The summed E-state index contributed by atoms with van der Waals surface area (Å²) >= 11 is 0. The zero-order valence-electron chi connectivity index (χ0n) is 9.62. The molecule has 0 heterocycles. The summed E-state index contributed by atoms with van der Waals surface area (Å²) in [6.45, 7) is 3.61. The molecule has 1 aromatic carbocycles. The van der Waals surface area contributed by atoms with E-state index in [1.807, 2.05) is 18.2 Å². The summed E-state index contributed by atoms with van der Waals surface area (Å²) in [5.41, 5.74) is 1.17. The topological polar surface area (TPSA) is 30.5 Å². The highest BCUT2D eigenvalue weighted by Gasteiger charge is 2.04. The summed E-state index contributed by atoms with van der Waals surface area (Å²) in [4.78, 5) is 0. The van der Waals surface area contributed by atoms with E-state index in [0.717, 1.165) is 18.9 Å². The molecule has 0 radical (unpaired) electrons. The highest BCUT2D eigenvalue weighted by Crippen LogP contribution is 2.16. The van der Waals surface area contributed by atoms with Crippen molar-refractivity contribution in [3.05, 3.63) is 29.8 Å². The van der Waals surface area contributed by atoms with Gasteiger partial charge in [-0.25, -0.2) is 0 Å². The molecular formula is C12H19NO2. The van der Waals surface area contributed by atoms with Crippen molar-refractivity contribution in [2.24, 2.45) is 0 Å². The Balaban J connectivity index is 2.49. The van der Waals surface area contributed by atoms with Crippen LogP contribution in [0.15, 0.2) is 24.3 Å². The number of hydrogen-bond acceptors (Lipinski definition) is 3. The molecule has 3 heteroatoms. The van der Waals surface area contributed by atoms with Gasteiger partial charge >= 0.3 is 0 Å². The second-order valence-corrected chi connectivity index (χ2v) is 3.55. The second kappa shape index (κ2) is 6.43. The Morgan fingerprint density at radius 3 is 2.67 bits per heavy atom. The van der Waals surface area contributed by atoms with Crippen molar-refractivity contribution < 1.29 is 9.47 Å². The van der Waals surface area contributed by atoms with Gasteiger partial charge in [0.1, 0.15) is 5.75 Å². The lowest BCUT2D eigenvalue weighted by Gasteiger charge is -2.14. The van der Waals surface area contributed by atoms with Gasteiger partial charge in [-0.05, 0) is 13.0 Å². The molecule has 0 spiro atoms. The zero-order valence-corrected chi connectivity index (χ0v) is 9.62. The summed E-state index contributed by atoms with van der Waals surface area (Å²) in [6.07, 6.45) is 0. The van der Waals surface area contributed by atoms with Gasteiger partial charge in [0.15, 0.2) is 0 Å². The lowest BCUT2D eigenvalue weighted by molar-refractivity contribution is 0.171. The summed E-state index contributed by atoms with van der Waals surface area (Å²) < 4.78 is 10.3. The van der Waals surface area contributed by atoms with Crippen LogP contribution in [0.1, 0.15) is 12.5 Å². The third kappa shape index (κ3) is 3.90. The molecule has 15 heavy (non-hydrogen) atoms. The van der Waals surface area contributed by atoms with Crippen molar-refractivity contribution in [2.75, 3.05) is 20.8 Å². The SMILES string of the molecule is COCC(C)NCc1ccccc1OC. The first-order valence-corrected chi connectivity index (χ1v) is 5.12. The van der Waals surface area contributed by atoms with Crippen molar-refractivity contribution in [2.45, 2.75) is 19.5 Å². The molecule has 0 aliphatic rings. The van der Waals surface area contributed by atoms with E-state index in [4.69, 9.17) is 9.47 Å². The van der Waals surface area contributed by atoms with Crippen LogP contribution in [0.2, 0.25) is 0 Å². The molecule has 84 valence electrons. The molecule has 3 nitrogen and oxygen atoms in total. The lowest BCUT2D eigenvalue weighted by atomic mass is 10.2. The number of ether oxygens (including phenoxy) is 2. The van der Waals surface area contributed by atoms with Crippen molar-refractivity contribution in [1.82, 2.24) is 5.32 Å². The molecule has 0 aliphatic heterocycles. The molecule has 0 aromatic heterocycles. The molecule has 1 rings (SSSR count). The van der Waals surface area contributed by atoms with E-state index >= 15 is 0 Å². The van der Waals surface area contributed by atoms with E-state index in [-0.39, 0.29) is 0 Å². The van der Waals surface area contributed by atoms with Crippen molar-refractivity contribution in [1.29, 1.82) is 0 Å². The maximum Gasteiger partial charge on any atom is 0.123 e. The van der Waals surface area contributed by atoms with E-state index in [9.17, 15) is 0 Å². The van der Waals surface area contributed by atoms with Crippen LogP contribution in [0.4, 0.5) is 0 Å². The first-order valence-electron chi connectivity index (χ1n) is 5.12. The standard InChI is InChI=1S/C12H19NO2/c1-10(9-14-2)13-8-11-6-4-5-7-12(11)15-3/h4-7,10,13H,8-9H2,1-3H3. The van der Waals surface area contributed by atoms with Crippen molar-refractivity contribution in [3.63, 3.8) is 0 Å². The number of hydrogen-bond donors (Lipinski definition) is 1. The van der Waals surface area contributed by atoms with Gasteiger partial charge in [-0.1, -0.05) is 18.2 Å². The molecule has 0 saturated heterocycles. The Morgan fingerprint density at radius 1 is 1.27 bits per heavy atom. The minimum absolute atomic E-state index is 0.347. The molecule has 0 saturated carbocycles. The van der Waals surface area contributed by atoms with Crippen LogP contribution in [0.5, 0.6) is 5.75 Å². The van der Waals surface area contributed by atoms with Gasteiger partial charge in [0.2, 0.25) is 0 Å². The minimum atomic E-state index is 0.347. The molecule has 1 unspecified atom stereocenters. The summed E-state index contributed by atoms with van der Waals surface area (Å²) in [5.74, 6) is 0.926. The van der Waals surface area contributed by atoms with Gasteiger partial charge in [-0.2, -0.15) is 0 Å². The first kappa shape index (κ1) is 12.0. The van der Waals surface area contributed by atoms with Gasteiger partial charge in [0.05, 0.1) is 13.7 Å². The fourth-order valence-electron chi connectivity index (χ4n) is 1.44.